The molecule has 0 radical (unpaired) electrons. The Labute approximate surface area is 173 Å². The molecule has 1 aromatic carbocycles. The van der Waals surface area contributed by atoms with Gasteiger partial charge in [0.05, 0.1) is 6.54 Å². The number of carbonyl (C=O) groups excluding carboxylic acids is 1. The van der Waals surface area contributed by atoms with Gasteiger partial charge in [-0.05, 0) is 18.9 Å². The molecule has 6 nitrogen and oxygen atoms in total. The lowest BCUT2D eigenvalue weighted by molar-refractivity contribution is 0.0734. The van der Waals surface area contributed by atoms with Crippen molar-refractivity contribution in [3.63, 3.8) is 0 Å². The molecule has 1 fully saturated rings. The fourth-order valence-corrected chi connectivity index (χ4v) is 3.36. The van der Waals surface area contributed by atoms with Crippen LogP contribution in [-0.4, -0.2) is 71.4 Å². The number of piperazine rings is 1. The normalized spacial score (nSPS) is 16.9. The summed E-state index contributed by atoms with van der Waals surface area (Å²) >= 11 is 0. The van der Waals surface area contributed by atoms with Crippen LogP contribution in [0.4, 0.5) is 0 Å². The number of benzene rings is 1. The van der Waals surface area contributed by atoms with Gasteiger partial charge in [-0.3, -0.25) is 14.6 Å². The van der Waals surface area contributed by atoms with Crippen LogP contribution in [0.1, 0.15) is 42.2 Å². The van der Waals surface area contributed by atoms with Crippen molar-refractivity contribution in [1.29, 1.82) is 0 Å². The van der Waals surface area contributed by atoms with Gasteiger partial charge in [0.25, 0.3) is 5.91 Å². The Kier molecular flexibility index (Phi) is 7.61. The smallest absolute Gasteiger partial charge is 0.275 e. The largest absolute Gasteiger partial charge is 0.447 e. The lowest BCUT2D eigenvalue weighted by atomic mass is 10.2. The van der Waals surface area contributed by atoms with Gasteiger partial charge in [-0.25, -0.2) is 4.98 Å². The van der Waals surface area contributed by atoms with Crippen molar-refractivity contribution in [3.8, 4) is 0 Å². The van der Waals surface area contributed by atoms with Crippen LogP contribution in [-0.2, 0) is 6.54 Å². The van der Waals surface area contributed by atoms with E-state index in [1.165, 1.54) is 11.8 Å². The molecule has 0 spiro atoms. The first-order chi connectivity index (χ1) is 14.1. The standard InChI is InChI=1S/C23H32N4O2/c1-4-19(2)25(3)23(28)21-18-29-22(24-21)17-27-15-13-26(14-16-27)12-8-11-20-9-6-5-7-10-20/h5-11,18-19H,4,12-17H2,1-3H3. The molecule has 1 aromatic heterocycles. The average molecular weight is 397 g/mol. The number of aromatic nitrogens is 1. The summed E-state index contributed by atoms with van der Waals surface area (Å²) in [6.07, 6.45) is 6.80. The maximum atomic E-state index is 12.5. The Bertz CT molecular complexity index is 794. The molecular formula is C23H32N4O2. The zero-order valence-corrected chi connectivity index (χ0v) is 17.8. The van der Waals surface area contributed by atoms with E-state index in [9.17, 15) is 4.79 Å². The van der Waals surface area contributed by atoms with Gasteiger partial charge in [-0.2, -0.15) is 0 Å². The summed E-state index contributed by atoms with van der Waals surface area (Å²) in [4.78, 5) is 23.4. The molecule has 2 aromatic rings. The van der Waals surface area contributed by atoms with Crippen LogP contribution < -0.4 is 0 Å². The Hall–Kier alpha value is -2.44. The van der Waals surface area contributed by atoms with Crippen molar-refractivity contribution >= 4 is 12.0 Å². The minimum absolute atomic E-state index is 0.0793. The summed E-state index contributed by atoms with van der Waals surface area (Å²) in [5.41, 5.74) is 1.63. The number of carbonyl (C=O) groups is 1. The van der Waals surface area contributed by atoms with Crippen molar-refractivity contribution in [3.05, 3.63) is 59.8 Å². The number of nitrogens with zero attached hydrogens (tertiary/aromatic N) is 4. The van der Waals surface area contributed by atoms with Gasteiger partial charge in [-0.15, -0.1) is 0 Å². The molecule has 6 heteroatoms. The predicted molar refractivity (Wildman–Crippen MR) is 116 cm³/mol. The zero-order chi connectivity index (χ0) is 20.6. The highest BCUT2D eigenvalue weighted by Gasteiger charge is 2.22. The van der Waals surface area contributed by atoms with E-state index in [1.807, 2.05) is 20.0 Å². The SMILES string of the molecule is CCC(C)N(C)C(=O)c1coc(CN2CCN(CC=Cc3ccccc3)CC2)n1. The van der Waals surface area contributed by atoms with Crippen LogP contribution in [0.3, 0.4) is 0 Å². The van der Waals surface area contributed by atoms with Gasteiger partial charge in [0.15, 0.2) is 5.69 Å². The van der Waals surface area contributed by atoms with E-state index >= 15 is 0 Å². The third-order valence-electron chi connectivity index (χ3n) is 5.64. The minimum atomic E-state index is -0.0793. The molecular weight excluding hydrogens is 364 g/mol. The second-order valence-corrected chi connectivity index (χ2v) is 7.69. The molecule has 3 rings (SSSR count). The van der Waals surface area contributed by atoms with Crippen LogP contribution >= 0.6 is 0 Å². The second kappa shape index (κ2) is 10.4. The Morgan fingerprint density at radius 1 is 1.21 bits per heavy atom. The molecule has 1 aliphatic heterocycles. The second-order valence-electron chi connectivity index (χ2n) is 7.69. The Balaban J connectivity index is 1.43. The minimum Gasteiger partial charge on any atom is -0.447 e. The highest BCUT2D eigenvalue weighted by molar-refractivity contribution is 5.92. The van der Waals surface area contributed by atoms with Crippen LogP contribution in [0.15, 0.2) is 47.1 Å². The number of amides is 1. The van der Waals surface area contributed by atoms with Crippen LogP contribution in [0.2, 0.25) is 0 Å². The molecule has 1 saturated heterocycles. The number of oxazole rings is 1. The highest BCUT2D eigenvalue weighted by Crippen LogP contribution is 2.12. The van der Waals surface area contributed by atoms with Gasteiger partial charge < -0.3 is 9.32 Å². The quantitative estimate of drug-likeness (QED) is 0.685. The lowest BCUT2D eigenvalue weighted by Gasteiger charge is -2.33. The molecule has 1 aliphatic rings. The summed E-state index contributed by atoms with van der Waals surface area (Å²) in [6, 6.07) is 10.6. The van der Waals surface area contributed by atoms with Crippen molar-refractivity contribution in [2.75, 3.05) is 39.8 Å². The fraction of sp³-hybridized carbons (Fsp3) is 0.478. The summed E-state index contributed by atoms with van der Waals surface area (Å²) < 4.78 is 5.57. The first kappa shape index (κ1) is 21.3. The van der Waals surface area contributed by atoms with E-state index in [4.69, 9.17) is 4.42 Å². The summed E-state index contributed by atoms with van der Waals surface area (Å²) in [5.74, 6) is 0.535. The van der Waals surface area contributed by atoms with Crippen molar-refractivity contribution in [2.45, 2.75) is 32.9 Å². The van der Waals surface area contributed by atoms with E-state index in [1.54, 1.807) is 4.90 Å². The van der Waals surface area contributed by atoms with E-state index in [-0.39, 0.29) is 11.9 Å². The van der Waals surface area contributed by atoms with E-state index in [2.05, 4.69) is 58.1 Å². The summed E-state index contributed by atoms with van der Waals surface area (Å²) in [7, 11) is 1.82. The zero-order valence-electron chi connectivity index (χ0n) is 17.8. The number of rotatable bonds is 8. The van der Waals surface area contributed by atoms with Crippen LogP contribution in [0, 0.1) is 0 Å². The van der Waals surface area contributed by atoms with Gasteiger partial charge in [0, 0.05) is 45.8 Å². The van der Waals surface area contributed by atoms with Gasteiger partial charge in [0.1, 0.15) is 6.26 Å². The molecule has 1 unspecified atom stereocenters. The van der Waals surface area contributed by atoms with E-state index in [0.717, 1.165) is 39.1 Å². The maximum Gasteiger partial charge on any atom is 0.275 e. The molecule has 1 amide bonds. The first-order valence-corrected chi connectivity index (χ1v) is 10.4. The highest BCUT2D eigenvalue weighted by atomic mass is 16.3. The molecule has 0 N–H and O–H groups in total. The first-order valence-electron chi connectivity index (χ1n) is 10.4. The molecule has 29 heavy (non-hydrogen) atoms. The van der Waals surface area contributed by atoms with Crippen molar-refractivity contribution in [2.24, 2.45) is 0 Å². The monoisotopic (exact) mass is 396 g/mol. The summed E-state index contributed by atoms with van der Waals surface area (Å²) in [5, 5.41) is 0. The van der Waals surface area contributed by atoms with Gasteiger partial charge in [-0.1, -0.05) is 49.4 Å². The molecule has 2 heterocycles. The fourth-order valence-electron chi connectivity index (χ4n) is 3.36. The third kappa shape index (κ3) is 6.02. The molecule has 1 atom stereocenters. The Morgan fingerprint density at radius 3 is 2.59 bits per heavy atom. The average Bonchev–Trinajstić information content (AvgIpc) is 3.22. The van der Waals surface area contributed by atoms with Crippen molar-refractivity contribution < 1.29 is 9.21 Å². The third-order valence-corrected chi connectivity index (χ3v) is 5.64. The number of hydrogen-bond donors (Lipinski definition) is 0. The topological polar surface area (TPSA) is 52.8 Å². The summed E-state index contributed by atoms with van der Waals surface area (Å²) in [6.45, 7) is 9.68. The van der Waals surface area contributed by atoms with Crippen LogP contribution in [0.5, 0.6) is 0 Å². The van der Waals surface area contributed by atoms with Crippen molar-refractivity contribution in [1.82, 2.24) is 19.7 Å². The van der Waals surface area contributed by atoms with Crippen LogP contribution in [0.25, 0.3) is 6.08 Å². The molecule has 0 saturated carbocycles. The van der Waals surface area contributed by atoms with E-state index < -0.39 is 0 Å². The lowest BCUT2D eigenvalue weighted by Crippen LogP contribution is -2.45. The molecule has 0 bridgehead atoms. The Morgan fingerprint density at radius 2 is 1.90 bits per heavy atom. The van der Waals surface area contributed by atoms with E-state index in [0.29, 0.717) is 18.1 Å². The predicted octanol–water partition coefficient (Wildman–Crippen LogP) is 3.38. The maximum absolute atomic E-state index is 12.5. The molecule has 156 valence electrons. The molecule has 0 aliphatic carbocycles. The van der Waals surface area contributed by atoms with Gasteiger partial charge >= 0.3 is 0 Å². The van der Waals surface area contributed by atoms with Gasteiger partial charge in [0.2, 0.25) is 5.89 Å². The number of hydrogen-bond acceptors (Lipinski definition) is 5.